The third-order valence-corrected chi connectivity index (χ3v) is 2.34. The Labute approximate surface area is 104 Å². The van der Waals surface area contributed by atoms with Crippen LogP contribution in [0.15, 0.2) is 0 Å². The molecule has 1 unspecified atom stereocenters. The highest BCUT2D eigenvalue weighted by Gasteiger charge is 2.61. The first kappa shape index (κ1) is 18.0. The van der Waals surface area contributed by atoms with Gasteiger partial charge in [-0.3, -0.25) is 4.79 Å². The molecule has 0 radical (unpaired) electrons. The molecule has 0 aliphatic carbocycles. The molecule has 0 aliphatic rings. The number of rotatable bonds is 6. The van der Waals surface area contributed by atoms with Crippen LogP contribution in [0.25, 0.3) is 0 Å². The average molecular weight is 298 g/mol. The second-order valence-corrected chi connectivity index (χ2v) is 4.15. The highest BCUT2D eigenvalue weighted by molar-refractivity contribution is 5.71. The predicted octanol–water partition coefficient (Wildman–Crippen LogP) is 3.80. The van der Waals surface area contributed by atoms with E-state index in [1.807, 2.05) is 0 Å². The Hall–Kier alpha value is -1.02. The minimum Gasteiger partial charge on any atom is -0.459 e. The molecule has 0 aromatic rings. The topological polar surface area (TPSA) is 26.3 Å². The van der Waals surface area contributed by atoms with E-state index >= 15 is 0 Å². The molecule has 19 heavy (non-hydrogen) atoms. The molecule has 0 saturated carbocycles. The summed E-state index contributed by atoms with van der Waals surface area (Å²) in [5, 5.41) is 0. The molecule has 0 heterocycles. The van der Waals surface area contributed by atoms with Crippen LogP contribution in [0.4, 0.5) is 30.7 Å². The zero-order valence-corrected chi connectivity index (χ0v) is 10.2. The molecular weight excluding hydrogens is 285 g/mol. The van der Waals surface area contributed by atoms with Crippen LogP contribution in [0.1, 0.15) is 26.7 Å². The molecular formula is C10H13F7O2. The third-order valence-electron chi connectivity index (χ3n) is 2.34. The average Bonchev–Trinajstić information content (AvgIpc) is 2.21. The summed E-state index contributed by atoms with van der Waals surface area (Å²) in [6, 6.07) is 0. The fourth-order valence-corrected chi connectivity index (χ4v) is 0.962. The maximum Gasteiger partial charge on any atom is 0.453 e. The van der Waals surface area contributed by atoms with E-state index in [9.17, 15) is 35.5 Å². The molecule has 9 heteroatoms. The maximum absolute atomic E-state index is 12.9. The van der Waals surface area contributed by atoms with Crippen molar-refractivity contribution in [2.75, 3.05) is 6.61 Å². The number of hydrogen-bond acceptors (Lipinski definition) is 2. The summed E-state index contributed by atoms with van der Waals surface area (Å²) >= 11 is 0. The van der Waals surface area contributed by atoms with Crippen molar-refractivity contribution in [1.82, 2.24) is 0 Å². The minimum atomic E-state index is -6.07. The molecule has 2 nitrogen and oxygen atoms in total. The van der Waals surface area contributed by atoms with Crippen LogP contribution in [-0.4, -0.2) is 30.6 Å². The molecule has 0 aromatic heterocycles. The molecule has 0 aromatic carbocycles. The summed E-state index contributed by atoms with van der Waals surface area (Å²) < 4.78 is 90.0. The fourth-order valence-electron chi connectivity index (χ4n) is 0.962. The van der Waals surface area contributed by atoms with Crippen molar-refractivity contribution in [1.29, 1.82) is 0 Å². The quantitative estimate of drug-likeness (QED) is 0.551. The summed E-state index contributed by atoms with van der Waals surface area (Å²) in [5.41, 5.74) is 0. The van der Waals surface area contributed by atoms with Gasteiger partial charge in [0, 0.05) is 0 Å². The van der Waals surface area contributed by atoms with Gasteiger partial charge in [-0.2, -0.15) is 22.0 Å². The minimum absolute atomic E-state index is 0.267. The zero-order chi connectivity index (χ0) is 15.5. The van der Waals surface area contributed by atoms with Crippen LogP contribution < -0.4 is 0 Å². The number of ether oxygens (including phenoxy) is 1. The smallest absolute Gasteiger partial charge is 0.453 e. The molecule has 0 spiro atoms. The Morgan fingerprint density at radius 2 is 1.58 bits per heavy atom. The third kappa shape index (κ3) is 5.65. The van der Waals surface area contributed by atoms with Gasteiger partial charge in [0.25, 0.3) is 5.92 Å². The molecule has 0 amide bonds. The standard InChI is InChI=1S/C10H13F7O2/c1-3-6(2)7(18)19-5-8(11,12)4-9(13,14)10(15,16)17/h6H,3-5H2,1-2H3. The van der Waals surface area contributed by atoms with E-state index in [4.69, 9.17) is 0 Å². The SMILES string of the molecule is CCC(C)C(=O)OCC(F)(F)CC(F)(F)C(F)(F)F. The molecule has 0 saturated heterocycles. The summed E-state index contributed by atoms with van der Waals surface area (Å²) in [4.78, 5) is 11.0. The molecule has 0 N–H and O–H groups in total. The number of esters is 1. The lowest BCUT2D eigenvalue weighted by molar-refractivity contribution is -0.302. The van der Waals surface area contributed by atoms with Gasteiger partial charge in [0.05, 0.1) is 12.3 Å². The Balaban J connectivity index is 4.53. The molecule has 0 rings (SSSR count). The Morgan fingerprint density at radius 1 is 1.11 bits per heavy atom. The van der Waals surface area contributed by atoms with Crippen molar-refractivity contribution < 1.29 is 40.3 Å². The predicted molar refractivity (Wildman–Crippen MR) is 51.0 cm³/mol. The lowest BCUT2D eigenvalue weighted by atomic mass is 10.1. The van der Waals surface area contributed by atoms with Crippen LogP contribution in [0.2, 0.25) is 0 Å². The van der Waals surface area contributed by atoms with Crippen molar-refractivity contribution in [2.45, 2.75) is 44.7 Å². The van der Waals surface area contributed by atoms with Crippen LogP contribution in [0.5, 0.6) is 0 Å². The Bertz CT molecular complexity index is 311. The van der Waals surface area contributed by atoms with E-state index in [0.717, 1.165) is 0 Å². The van der Waals surface area contributed by atoms with Crippen molar-refractivity contribution in [3.63, 3.8) is 0 Å². The summed E-state index contributed by atoms with van der Waals surface area (Å²) in [5.74, 6) is -11.8. The number of halogens is 7. The van der Waals surface area contributed by atoms with E-state index in [1.54, 1.807) is 6.92 Å². The van der Waals surface area contributed by atoms with Gasteiger partial charge in [-0.15, -0.1) is 0 Å². The zero-order valence-electron chi connectivity index (χ0n) is 10.2. The lowest BCUT2D eigenvalue weighted by Gasteiger charge is -2.24. The highest BCUT2D eigenvalue weighted by atomic mass is 19.4. The molecule has 0 fully saturated rings. The van der Waals surface area contributed by atoms with Gasteiger partial charge in [-0.25, -0.2) is 8.78 Å². The molecule has 0 aliphatic heterocycles. The van der Waals surface area contributed by atoms with Gasteiger partial charge >= 0.3 is 18.1 Å². The number of carbonyl (C=O) groups is 1. The van der Waals surface area contributed by atoms with Gasteiger partial charge in [0.1, 0.15) is 0 Å². The number of carbonyl (C=O) groups excluding carboxylic acids is 1. The first-order chi connectivity index (χ1) is 8.32. The number of hydrogen-bond donors (Lipinski definition) is 0. The highest BCUT2D eigenvalue weighted by Crippen LogP contribution is 2.42. The van der Waals surface area contributed by atoms with Crippen LogP contribution in [0.3, 0.4) is 0 Å². The van der Waals surface area contributed by atoms with E-state index in [-0.39, 0.29) is 6.42 Å². The molecule has 0 bridgehead atoms. The van der Waals surface area contributed by atoms with Crippen LogP contribution in [0, 0.1) is 5.92 Å². The first-order valence-electron chi connectivity index (χ1n) is 5.31. The number of alkyl halides is 7. The normalized spacial score (nSPS) is 15.2. The summed E-state index contributed by atoms with van der Waals surface area (Å²) in [6.07, 6.45) is -8.56. The Kier molecular flexibility index (Phi) is 5.64. The first-order valence-corrected chi connectivity index (χ1v) is 5.31. The Morgan fingerprint density at radius 3 is 1.95 bits per heavy atom. The van der Waals surface area contributed by atoms with Gasteiger partial charge in [0.2, 0.25) is 0 Å². The van der Waals surface area contributed by atoms with Gasteiger partial charge in [-0.05, 0) is 6.42 Å². The molecule has 114 valence electrons. The monoisotopic (exact) mass is 298 g/mol. The van der Waals surface area contributed by atoms with Crippen molar-refractivity contribution in [3.8, 4) is 0 Å². The lowest BCUT2D eigenvalue weighted by Crippen LogP contribution is -2.43. The van der Waals surface area contributed by atoms with Gasteiger partial charge < -0.3 is 4.74 Å². The maximum atomic E-state index is 12.9. The van der Waals surface area contributed by atoms with E-state index in [0.29, 0.717) is 0 Å². The van der Waals surface area contributed by atoms with E-state index in [1.165, 1.54) is 6.92 Å². The summed E-state index contributed by atoms with van der Waals surface area (Å²) in [7, 11) is 0. The second-order valence-electron chi connectivity index (χ2n) is 4.15. The van der Waals surface area contributed by atoms with Crippen LogP contribution >= 0.6 is 0 Å². The fraction of sp³-hybridized carbons (Fsp3) is 0.900. The van der Waals surface area contributed by atoms with Crippen molar-refractivity contribution in [3.05, 3.63) is 0 Å². The van der Waals surface area contributed by atoms with E-state index in [2.05, 4.69) is 4.74 Å². The summed E-state index contributed by atoms with van der Waals surface area (Å²) in [6.45, 7) is 1.11. The van der Waals surface area contributed by atoms with Gasteiger partial charge in [0.15, 0.2) is 6.61 Å². The second kappa shape index (κ2) is 5.96. The van der Waals surface area contributed by atoms with Gasteiger partial charge in [-0.1, -0.05) is 13.8 Å². The van der Waals surface area contributed by atoms with Crippen molar-refractivity contribution >= 4 is 5.97 Å². The van der Waals surface area contributed by atoms with Crippen molar-refractivity contribution in [2.24, 2.45) is 5.92 Å². The largest absolute Gasteiger partial charge is 0.459 e. The van der Waals surface area contributed by atoms with Crippen LogP contribution in [-0.2, 0) is 9.53 Å². The molecule has 1 atom stereocenters. The van der Waals surface area contributed by atoms with E-state index < -0.39 is 42.9 Å².